The van der Waals surface area contributed by atoms with Gasteiger partial charge in [0.25, 0.3) is 0 Å². The quantitative estimate of drug-likeness (QED) is 0.830. The molecular weight excluding hydrogens is 250 g/mol. The van der Waals surface area contributed by atoms with Gasteiger partial charge >= 0.3 is 6.03 Å². The van der Waals surface area contributed by atoms with E-state index in [0.29, 0.717) is 6.54 Å². The Morgan fingerprint density at radius 1 is 1.20 bits per heavy atom. The van der Waals surface area contributed by atoms with Gasteiger partial charge in [-0.25, -0.2) is 4.79 Å². The summed E-state index contributed by atoms with van der Waals surface area (Å²) < 4.78 is 0. The zero-order valence-electron chi connectivity index (χ0n) is 11.9. The molecule has 4 nitrogen and oxygen atoms in total. The first-order valence-electron chi connectivity index (χ1n) is 7.19. The average Bonchev–Trinajstić information content (AvgIpc) is 2.52. The number of hydrogen-bond acceptors (Lipinski definition) is 2. The molecule has 1 aromatic carbocycles. The standard InChI is InChI=1S/C16H23N3O/c1-2-9-17-16(20)19-13-11-18(12-14-19)10-8-15-6-4-3-5-7-15/h2-7H,1,8-14H2,(H,17,20). The highest BCUT2D eigenvalue weighted by Crippen LogP contribution is 2.05. The Labute approximate surface area is 121 Å². The number of rotatable bonds is 5. The van der Waals surface area contributed by atoms with Gasteiger partial charge in [0.05, 0.1) is 0 Å². The molecule has 1 N–H and O–H groups in total. The van der Waals surface area contributed by atoms with Gasteiger partial charge in [0.1, 0.15) is 0 Å². The van der Waals surface area contributed by atoms with Crippen LogP contribution in [-0.2, 0) is 6.42 Å². The number of carbonyl (C=O) groups is 1. The summed E-state index contributed by atoms with van der Waals surface area (Å²) in [6.07, 6.45) is 2.78. The summed E-state index contributed by atoms with van der Waals surface area (Å²) in [6, 6.07) is 10.6. The SMILES string of the molecule is C=CCNC(=O)N1CCN(CCc2ccccc2)CC1. The van der Waals surface area contributed by atoms with Crippen LogP contribution in [0.2, 0.25) is 0 Å². The predicted octanol–water partition coefficient (Wildman–Crippen LogP) is 1.74. The predicted molar refractivity (Wildman–Crippen MR) is 81.8 cm³/mol. The van der Waals surface area contributed by atoms with Gasteiger partial charge in [-0.1, -0.05) is 36.4 Å². The van der Waals surface area contributed by atoms with Crippen molar-refractivity contribution in [1.82, 2.24) is 15.1 Å². The molecule has 4 heteroatoms. The summed E-state index contributed by atoms with van der Waals surface area (Å²) in [5.74, 6) is 0. The molecule has 1 aromatic rings. The van der Waals surface area contributed by atoms with Gasteiger partial charge in [-0.05, 0) is 12.0 Å². The van der Waals surface area contributed by atoms with Crippen molar-refractivity contribution in [2.24, 2.45) is 0 Å². The van der Waals surface area contributed by atoms with E-state index in [1.165, 1.54) is 5.56 Å². The van der Waals surface area contributed by atoms with Crippen molar-refractivity contribution < 1.29 is 4.79 Å². The van der Waals surface area contributed by atoms with Crippen molar-refractivity contribution >= 4 is 6.03 Å². The first-order chi connectivity index (χ1) is 9.79. The van der Waals surface area contributed by atoms with Crippen LogP contribution in [0.3, 0.4) is 0 Å². The van der Waals surface area contributed by atoms with Crippen LogP contribution in [-0.4, -0.2) is 55.1 Å². The summed E-state index contributed by atoms with van der Waals surface area (Å²) in [4.78, 5) is 16.1. The largest absolute Gasteiger partial charge is 0.335 e. The Bertz CT molecular complexity index is 425. The Balaban J connectivity index is 1.69. The average molecular weight is 273 g/mol. The van der Waals surface area contributed by atoms with Crippen LogP contribution in [0.25, 0.3) is 0 Å². The summed E-state index contributed by atoms with van der Waals surface area (Å²) in [5, 5.41) is 2.83. The molecule has 1 aliphatic rings. The minimum atomic E-state index is 0.0209. The van der Waals surface area contributed by atoms with Gasteiger partial charge in [0.2, 0.25) is 0 Å². The molecule has 0 bridgehead atoms. The summed E-state index contributed by atoms with van der Waals surface area (Å²) in [7, 11) is 0. The number of carbonyl (C=O) groups excluding carboxylic acids is 1. The lowest BCUT2D eigenvalue weighted by Crippen LogP contribution is -2.52. The van der Waals surface area contributed by atoms with Crippen molar-refractivity contribution in [3.8, 4) is 0 Å². The van der Waals surface area contributed by atoms with Crippen LogP contribution in [0.4, 0.5) is 4.79 Å². The monoisotopic (exact) mass is 273 g/mol. The molecule has 0 atom stereocenters. The van der Waals surface area contributed by atoms with Crippen molar-refractivity contribution in [1.29, 1.82) is 0 Å². The molecule has 2 rings (SSSR count). The van der Waals surface area contributed by atoms with Gasteiger partial charge in [0, 0.05) is 39.3 Å². The zero-order valence-corrected chi connectivity index (χ0v) is 11.9. The second-order valence-electron chi connectivity index (χ2n) is 5.04. The minimum absolute atomic E-state index is 0.0209. The molecule has 2 amide bonds. The smallest absolute Gasteiger partial charge is 0.317 e. The number of benzene rings is 1. The molecule has 1 saturated heterocycles. The van der Waals surface area contributed by atoms with E-state index in [2.05, 4.69) is 41.1 Å². The van der Waals surface area contributed by atoms with E-state index in [0.717, 1.165) is 39.1 Å². The Morgan fingerprint density at radius 2 is 1.90 bits per heavy atom. The van der Waals surface area contributed by atoms with Gasteiger partial charge in [-0.3, -0.25) is 4.90 Å². The molecule has 1 fully saturated rings. The molecule has 0 unspecified atom stereocenters. The fraction of sp³-hybridized carbons (Fsp3) is 0.438. The van der Waals surface area contributed by atoms with Gasteiger partial charge < -0.3 is 10.2 Å². The van der Waals surface area contributed by atoms with Crippen molar-refractivity contribution in [2.45, 2.75) is 6.42 Å². The first kappa shape index (κ1) is 14.6. The Kier molecular flexibility index (Phi) is 5.62. The maximum Gasteiger partial charge on any atom is 0.317 e. The second-order valence-corrected chi connectivity index (χ2v) is 5.04. The normalized spacial score (nSPS) is 15.9. The summed E-state index contributed by atoms with van der Waals surface area (Å²) in [5.41, 5.74) is 1.37. The van der Waals surface area contributed by atoms with Crippen LogP contribution < -0.4 is 5.32 Å². The highest BCUT2D eigenvalue weighted by Gasteiger charge is 2.20. The van der Waals surface area contributed by atoms with Crippen molar-refractivity contribution in [2.75, 3.05) is 39.3 Å². The molecule has 0 spiro atoms. The first-order valence-corrected chi connectivity index (χ1v) is 7.19. The lowest BCUT2D eigenvalue weighted by Gasteiger charge is -2.34. The fourth-order valence-electron chi connectivity index (χ4n) is 2.38. The summed E-state index contributed by atoms with van der Waals surface area (Å²) in [6.45, 7) is 8.71. The molecule has 0 radical (unpaired) electrons. The molecular formula is C16H23N3O. The fourth-order valence-corrected chi connectivity index (χ4v) is 2.38. The van der Waals surface area contributed by atoms with Crippen LogP contribution in [0.5, 0.6) is 0 Å². The summed E-state index contributed by atoms with van der Waals surface area (Å²) >= 11 is 0. The number of piperazine rings is 1. The minimum Gasteiger partial charge on any atom is -0.335 e. The van der Waals surface area contributed by atoms with E-state index in [1.54, 1.807) is 6.08 Å². The maximum atomic E-state index is 11.8. The van der Waals surface area contributed by atoms with Crippen LogP contribution in [0.15, 0.2) is 43.0 Å². The number of nitrogens with one attached hydrogen (secondary N) is 1. The number of nitrogens with zero attached hydrogens (tertiary/aromatic N) is 2. The van der Waals surface area contributed by atoms with Crippen LogP contribution in [0.1, 0.15) is 5.56 Å². The van der Waals surface area contributed by atoms with E-state index in [1.807, 2.05) is 11.0 Å². The third-order valence-electron chi connectivity index (χ3n) is 3.62. The highest BCUT2D eigenvalue weighted by molar-refractivity contribution is 5.74. The van der Waals surface area contributed by atoms with Crippen LogP contribution >= 0.6 is 0 Å². The molecule has 1 aliphatic heterocycles. The van der Waals surface area contributed by atoms with Crippen molar-refractivity contribution in [3.63, 3.8) is 0 Å². The molecule has 1 heterocycles. The molecule has 0 aliphatic carbocycles. The Hall–Kier alpha value is -1.81. The number of hydrogen-bond donors (Lipinski definition) is 1. The van der Waals surface area contributed by atoms with Gasteiger partial charge in [-0.2, -0.15) is 0 Å². The molecule has 0 saturated carbocycles. The molecule has 20 heavy (non-hydrogen) atoms. The van der Waals surface area contributed by atoms with E-state index in [-0.39, 0.29) is 6.03 Å². The topological polar surface area (TPSA) is 35.6 Å². The third-order valence-corrected chi connectivity index (χ3v) is 3.62. The second kappa shape index (κ2) is 7.70. The van der Waals surface area contributed by atoms with E-state index in [9.17, 15) is 4.79 Å². The van der Waals surface area contributed by atoms with E-state index < -0.39 is 0 Å². The molecule has 108 valence electrons. The number of amides is 2. The highest BCUT2D eigenvalue weighted by atomic mass is 16.2. The van der Waals surface area contributed by atoms with Crippen LogP contribution in [0, 0.1) is 0 Å². The zero-order chi connectivity index (χ0) is 14.2. The van der Waals surface area contributed by atoms with Gasteiger partial charge in [-0.15, -0.1) is 6.58 Å². The van der Waals surface area contributed by atoms with Crippen molar-refractivity contribution in [3.05, 3.63) is 48.6 Å². The van der Waals surface area contributed by atoms with Gasteiger partial charge in [0.15, 0.2) is 0 Å². The third kappa shape index (κ3) is 4.38. The van der Waals surface area contributed by atoms with E-state index in [4.69, 9.17) is 0 Å². The lowest BCUT2D eigenvalue weighted by molar-refractivity contribution is 0.141. The number of urea groups is 1. The Morgan fingerprint density at radius 3 is 2.55 bits per heavy atom. The van der Waals surface area contributed by atoms with E-state index >= 15 is 0 Å². The molecule has 0 aromatic heterocycles. The maximum absolute atomic E-state index is 11.8. The lowest BCUT2D eigenvalue weighted by atomic mass is 10.1.